The van der Waals surface area contributed by atoms with Gasteiger partial charge >= 0.3 is 0 Å². The Morgan fingerprint density at radius 2 is 1.93 bits per heavy atom. The van der Waals surface area contributed by atoms with Crippen LogP contribution in [0.15, 0.2) is 12.1 Å². The highest BCUT2D eigenvalue weighted by molar-refractivity contribution is 5.47. The van der Waals surface area contributed by atoms with Crippen molar-refractivity contribution in [2.24, 2.45) is 0 Å². The number of halogens is 1. The smallest absolute Gasteiger partial charge is 0.197 e. The largest absolute Gasteiger partial charge is 0.492 e. The lowest BCUT2D eigenvalue weighted by Gasteiger charge is -2.12. The van der Waals surface area contributed by atoms with Crippen LogP contribution in [0.4, 0.5) is 4.39 Å². The molecule has 78 valence electrons. The van der Waals surface area contributed by atoms with Crippen molar-refractivity contribution in [3.8, 4) is 11.5 Å². The van der Waals surface area contributed by atoms with Gasteiger partial charge in [-0.15, -0.1) is 0 Å². The van der Waals surface area contributed by atoms with Crippen LogP contribution in [0.3, 0.4) is 0 Å². The van der Waals surface area contributed by atoms with Crippen molar-refractivity contribution in [3.63, 3.8) is 0 Å². The Labute approximate surface area is 81.2 Å². The van der Waals surface area contributed by atoms with E-state index < -0.39 is 5.82 Å². The summed E-state index contributed by atoms with van der Waals surface area (Å²) >= 11 is 0. The average Bonchev–Trinajstić information content (AvgIpc) is 2.20. The first-order valence-corrected chi connectivity index (χ1v) is 4.01. The molecule has 1 aromatic rings. The quantitative estimate of drug-likeness (QED) is 0.721. The normalized spacial score (nSPS) is 10.0. The molecule has 0 spiro atoms. The van der Waals surface area contributed by atoms with E-state index in [2.05, 4.69) is 0 Å². The first-order valence-electron chi connectivity index (χ1n) is 4.01. The van der Waals surface area contributed by atoms with Crippen molar-refractivity contribution in [1.29, 1.82) is 0 Å². The van der Waals surface area contributed by atoms with E-state index in [9.17, 15) is 4.39 Å². The SMILES string of the molecule is COc1c(F)ccc(CNO)c1OC. The molecule has 0 aliphatic rings. The van der Waals surface area contributed by atoms with Gasteiger partial charge in [-0.1, -0.05) is 6.07 Å². The summed E-state index contributed by atoms with van der Waals surface area (Å²) in [5.41, 5.74) is 2.59. The topological polar surface area (TPSA) is 50.7 Å². The van der Waals surface area contributed by atoms with Gasteiger partial charge in [0.2, 0.25) is 0 Å². The maximum absolute atomic E-state index is 13.2. The summed E-state index contributed by atoms with van der Waals surface area (Å²) in [5, 5.41) is 8.53. The van der Waals surface area contributed by atoms with Crippen LogP contribution in [-0.2, 0) is 6.54 Å². The molecule has 2 N–H and O–H groups in total. The van der Waals surface area contributed by atoms with Crippen molar-refractivity contribution in [3.05, 3.63) is 23.5 Å². The third-order valence-corrected chi connectivity index (χ3v) is 1.82. The zero-order chi connectivity index (χ0) is 10.6. The fourth-order valence-corrected chi connectivity index (χ4v) is 1.22. The van der Waals surface area contributed by atoms with Crippen LogP contribution in [0.1, 0.15) is 5.56 Å². The summed E-state index contributed by atoms with van der Waals surface area (Å²) in [6, 6.07) is 2.77. The van der Waals surface area contributed by atoms with Gasteiger partial charge in [0, 0.05) is 12.1 Å². The minimum absolute atomic E-state index is 0.0419. The standard InChI is InChI=1S/C9H12FNO3/c1-13-8-6(5-11-12)3-4-7(10)9(8)14-2/h3-4,11-12H,5H2,1-2H3. The van der Waals surface area contributed by atoms with Gasteiger partial charge in [0.25, 0.3) is 0 Å². The molecule has 0 aliphatic carbocycles. The molecule has 1 rings (SSSR count). The number of ether oxygens (including phenoxy) is 2. The van der Waals surface area contributed by atoms with Gasteiger partial charge < -0.3 is 14.7 Å². The summed E-state index contributed by atoms with van der Waals surface area (Å²) < 4.78 is 23.0. The molecule has 0 aromatic heterocycles. The zero-order valence-corrected chi connectivity index (χ0v) is 8.00. The highest BCUT2D eigenvalue weighted by Crippen LogP contribution is 2.33. The molecule has 14 heavy (non-hydrogen) atoms. The molecular formula is C9H12FNO3. The summed E-state index contributed by atoms with van der Waals surface area (Å²) in [4.78, 5) is 0. The maximum atomic E-state index is 13.2. The van der Waals surface area contributed by atoms with E-state index in [1.165, 1.54) is 26.4 Å². The van der Waals surface area contributed by atoms with Gasteiger partial charge in [-0.25, -0.2) is 9.87 Å². The number of methoxy groups -OCH3 is 2. The van der Waals surface area contributed by atoms with Crippen molar-refractivity contribution in [2.45, 2.75) is 6.54 Å². The predicted molar refractivity (Wildman–Crippen MR) is 48.1 cm³/mol. The summed E-state index contributed by atoms with van der Waals surface area (Å²) in [6.07, 6.45) is 0. The second kappa shape index (κ2) is 4.78. The minimum Gasteiger partial charge on any atom is -0.492 e. The third kappa shape index (κ3) is 1.94. The molecule has 1 aromatic carbocycles. The number of rotatable bonds is 4. The number of hydroxylamine groups is 1. The van der Waals surface area contributed by atoms with E-state index in [0.29, 0.717) is 5.56 Å². The van der Waals surface area contributed by atoms with E-state index in [1.807, 2.05) is 5.48 Å². The molecule has 0 heterocycles. The Morgan fingerprint density at radius 3 is 2.43 bits per heavy atom. The van der Waals surface area contributed by atoms with Crippen LogP contribution in [-0.4, -0.2) is 19.4 Å². The molecule has 4 nitrogen and oxygen atoms in total. The molecule has 0 radical (unpaired) electrons. The molecule has 0 saturated carbocycles. The van der Waals surface area contributed by atoms with Gasteiger partial charge in [-0.05, 0) is 6.07 Å². The number of hydrogen-bond donors (Lipinski definition) is 2. The Kier molecular flexibility index (Phi) is 3.67. The highest BCUT2D eigenvalue weighted by atomic mass is 19.1. The van der Waals surface area contributed by atoms with Gasteiger partial charge in [0.15, 0.2) is 17.3 Å². The molecule has 0 bridgehead atoms. The van der Waals surface area contributed by atoms with Gasteiger partial charge in [0.1, 0.15) is 0 Å². The lowest BCUT2D eigenvalue weighted by Crippen LogP contribution is -2.08. The summed E-state index contributed by atoms with van der Waals surface area (Å²) in [5.74, 6) is -0.166. The van der Waals surface area contributed by atoms with Crippen LogP contribution in [0.25, 0.3) is 0 Å². The fraction of sp³-hybridized carbons (Fsp3) is 0.333. The van der Waals surface area contributed by atoms with Gasteiger partial charge in [-0.3, -0.25) is 0 Å². The summed E-state index contributed by atoms with van der Waals surface area (Å²) in [7, 11) is 2.77. The summed E-state index contributed by atoms with van der Waals surface area (Å²) in [6.45, 7) is 0.166. The molecule has 0 aliphatic heterocycles. The van der Waals surface area contributed by atoms with E-state index in [-0.39, 0.29) is 18.0 Å². The Bertz CT molecular complexity index is 317. The van der Waals surface area contributed by atoms with E-state index in [0.717, 1.165) is 0 Å². The van der Waals surface area contributed by atoms with Crippen LogP contribution in [0, 0.1) is 5.82 Å². The lowest BCUT2D eigenvalue weighted by molar-refractivity contribution is 0.160. The van der Waals surface area contributed by atoms with Crippen LogP contribution < -0.4 is 15.0 Å². The Balaban J connectivity index is 3.18. The van der Waals surface area contributed by atoms with E-state index in [1.54, 1.807) is 0 Å². The average molecular weight is 201 g/mol. The highest BCUT2D eigenvalue weighted by Gasteiger charge is 2.14. The molecule has 0 saturated heterocycles. The van der Waals surface area contributed by atoms with E-state index in [4.69, 9.17) is 14.7 Å². The van der Waals surface area contributed by atoms with Crippen LogP contribution in [0.5, 0.6) is 11.5 Å². The monoisotopic (exact) mass is 201 g/mol. The molecule has 0 amide bonds. The van der Waals surface area contributed by atoms with Crippen molar-refractivity contribution >= 4 is 0 Å². The second-order valence-electron chi connectivity index (χ2n) is 2.61. The first kappa shape index (κ1) is 10.7. The lowest BCUT2D eigenvalue weighted by atomic mass is 10.2. The number of benzene rings is 1. The predicted octanol–water partition coefficient (Wildman–Crippen LogP) is 1.32. The Morgan fingerprint density at radius 1 is 1.29 bits per heavy atom. The molecule has 5 heteroatoms. The number of nitrogens with one attached hydrogen (secondary N) is 1. The van der Waals surface area contributed by atoms with E-state index >= 15 is 0 Å². The zero-order valence-electron chi connectivity index (χ0n) is 8.00. The van der Waals surface area contributed by atoms with Crippen LogP contribution >= 0.6 is 0 Å². The van der Waals surface area contributed by atoms with Crippen LogP contribution in [0.2, 0.25) is 0 Å². The number of hydrogen-bond acceptors (Lipinski definition) is 4. The molecule has 0 atom stereocenters. The van der Waals surface area contributed by atoms with Crippen molar-refractivity contribution in [2.75, 3.05) is 14.2 Å². The molecule has 0 unspecified atom stereocenters. The second-order valence-corrected chi connectivity index (χ2v) is 2.61. The fourth-order valence-electron chi connectivity index (χ4n) is 1.22. The maximum Gasteiger partial charge on any atom is 0.197 e. The van der Waals surface area contributed by atoms with Crippen molar-refractivity contribution in [1.82, 2.24) is 5.48 Å². The molecular weight excluding hydrogens is 189 g/mol. The van der Waals surface area contributed by atoms with Crippen molar-refractivity contribution < 1.29 is 19.1 Å². The molecule has 0 fully saturated rings. The van der Waals surface area contributed by atoms with Gasteiger partial charge in [0.05, 0.1) is 14.2 Å². The minimum atomic E-state index is -0.494. The first-order chi connectivity index (χ1) is 6.74. The van der Waals surface area contributed by atoms with Gasteiger partial charge in [-0.2, -0.15) is 0 Å². The third-order valence-electron chi connectivity index (χ3n) is 1.82. The Hall–Kier alpha value is -1.33.